The van der Waals surface area contributed by atoms with Crippen molar-refractivity contribution in [1.29, 1.82) is 0 Å². The summed E-state index contributed by atoms with van der Waals surface area (Å²) < 4.78 is 16.1. The van der Waals surface area contributed by atoms with E-state index in [-0.39, 0.29) is 20.6 Å². The van der Waals surface area contributed by atoms with Crippen LogP contribution < -0.4 is 14.2 Å². The third kappa shape index (κ3) is 17.0. The standard InChI is InChI=1S/C12H17N3OS.C11H14N2OS2.C8H9NO2.2CH4/c1-9(14-8-12(17)15(2)3)11-7-10(16-4)5-6-13-11;1-8(13-7-11(15)16-3)10-6-9(14-2)4-5-12-10;1-6(10)8-5-7(11-2)3-4-9-8;;/h5-7H,8H2,1-4H3;4-6H,7H2,1-3H3;3-5H,1-2H3;2*1H4. The minimum Gasteiger partial charge on any atom is -0.497 e. The molecule has 0 atom stereocenters. The maximum Gasteiger partial charge on any atom is 0.178 e. The number of aromatic nitrogens is 3. The van der Waals surface area contributed by atoms with Crippen LogP contribution in [0.15, 0.2) is 65.0 Å². The Morgan fingerprint density at radius 2 is 1.11 bits per heavy atom. The van der Waals surface area contributed by atoms with Crippen molar-refractivity contribution in [3.63, 3.8) is 0 Å². The molecule has 0 saturated heterocycles. The lowest BCUT2D eigenvalue weighted by atomic mass is 10.2. The number of carbonyl (C=O) groups is 1. The van der Waals surface area contributed by atoms with Crippen molar-refractivity contribution >= 4 is 62.6 Å². The highest BCUT2D eigenvalue weighted by molar-refractivity contribution is 8.22. The Bertz CT molecular complexity index is 1450. The van der Waals surface area contributed by atoms with Gasteiger partial charge in [-0.3, -0.25) is 29.7 Å². The highest BCUT2D eigenvalue weighted by Crippen LogP contribution is 2.12. The molecule has 0 fully saturated rings. The number of hydrogen-bond donors (Lipinski definition) is 0. The Labute approximate surface area is 290 Å². The molecule has 3 aromatic rings. The molecule has 13 heteroatoms. The van der Waals surface area contributed by atoms with E-state index in [9.17, 15) is 4.79 Å². The number of pyridine rings is 3. The summed E-state index contributed by atoms with van der Waals surface area (Å²) in [5.74, 6) is 2.17. The van der Waals surface area contributed by atoms with Crippen molar-refractivity contribution in [2.24, 2.45) is 9.98 Å². The van der Waals surface area contributed by atoms with Crippen molar-refractivity contribution in [2.45, 2.75) is 35.6 Å². The average molecular weight is 689 g/mol. The van der Waals surface area contributed by atoms with Crippen LogP contribution in [-0.4, -0.2) is 101 Å². The van der Waals surface area contributed by atoms with Gasteiger partial charge in [0.15, 0.2) is 5.78 Å². The van der Waals surface area contributed by atoms with Crippen molar-refractivity contribution < 1.29 is 19.0 Å². The number of hydrogen-bond acceptors (Lipinski definition) is 12. The quantitative estimate of drug-likeness (QED) is 0.125. The molecule has 0 amide bonds. The molecule has 10 nitrogen and oxygen atoms in total. The molecule has 0 aliphatic rings. The van der Waals surface area contributed by atoms with Crippen LogP contribution in [0.2, 0.25) is 0 Å². The molecule has 0 aliphatic heterocycles. The third-order valence-corrected chi connectivity index (χ3v) is 7.33. The minimum absolute atomic E-state index is 0. The van der Waals surface area contributed by atoms with E-state index in [0.29, 0.717) is 24.5 Å². The van der Waals surface area contributed by atoms with E-state index in [1.807, 2.05) is 57.3 Å². The molecule has 0 N–H and O–H groups in total. The SMILES string of the molecule is C.C.COc1ccnc(C(C)=NCC(=S)N(C)C)c1.COc1ccnc(C(C)=NCC(=S)SC)c1.COc1ccnc(C(C)=O)c1. The van der Waals surface area contributed by atoms with Gasteiger partial charge in [-0.15, -0.1) is 11.8 Å². The lowest BCUT2D eigenvalue weighted by Crippen LogP contribution is -2.22. The van der Waals surface area contributed by atoms with Crippen LogP contribution in [0.3, 0.4) is 0 Å². The molecular weight excluding hydrogens is 641 g/mol. The first-order valence-corrected chi connectivity index (χ1v) is 15.3. The van der Waals surface area contributed by atoms with E-state index in [4.69, 9.17) is 38.6 Å². The molecule has 3 rings (SSSR count). The number of carbonyl (C=O) groups excluding carboxylic acids is 1. The first-order valence-electron chi connectivity index (χ1n) is 13.3. The molecular formula is C33H48N6O4S3. The number of nitrogens with zero attached hydrogens (tertiary/aromatic N) is 6. The molecule has 0 aromatic carbocycles. The van der Waals surface area contributed by atoms with Crippen LogP contribution in [0.5, 0.6) is 17.2 Å². The number of thioether (sulfide) groups is 1. The predicted octanol–water partition coefficient (Wildman–Crippen LogP) is 6.94. The second-order valence-corrected chi connectivity index (χ2v) is 11.1. The van der Waals surface area contributed by atoms with Gasteiger partial charge in [-0.05, 0) is 38.3 Å². The summed E-state index contributed by atoms with van der Waals surface area (Å²) in [7, 11) is 8.65. The Kier molecular flexibility index (Phi) is 23.5. The third-order valence-electron chi connectivity index (χ3n) is 5.63. The molecule has 0 bridgehead atoms. The van der Waals surface area contributed by atoms with E-state index in [2.05, 4.69) is 24.9 Å². The van der Waals surface area contributed by atoms with Gasteiger partial charge < -0.3 is 19.1 Å². The summed E-state index contributed by atoms with van der Waals surface area (Å²) >= 11 is 11.8. The largest absolute Gasteiger partial charge is 0.497 e. The van der Waals surface area contributed by atoms with E-state index < -0.39 is 0 Å². The van der Waals surface area contributed by atoms with Gasteiger partial charge in [-0.25, -0.2) is 0 Å². The zero-order valence-electron chi connectivity index (χ0n) is 26.7. The normalized spacial score (nSPS) is 10.3. The van der Waals surface area contributed by atoms with Crippen molar-refractivity contribution in [3.05, 3.63) is 72.1 Å². The Morgan fingerprint density at radius 3 is 1.46 bits per heavy atom. The van der Waals surface area contributed by atoms with Crippen molar-refractivity contribution in [1.82, 2.24) is 19.9 Å². The van der Waals surface area contributed by atoms with Crippen molar-refractivity contribution in [2.75, 3.05) is 54.8 Å². The average Bonchev–Trinajstić information content (AvgIpc) is 3.06. The van der Waals surface area contributed by atoms with Gasteiger partial charge in [0.25, 0.3) is 0 Å². The molecule has 0 radical (unpaired) electrons. The minimum atomic E-state index is -0.0519. The summed E-state index contributed by atoms with van der Waals surface area (Å²) in [4.78, 5) is 34.6. The first-order chi connectivity index (χ1) is 20.9. The van der Waals surface area contributed by atoms with Gasteiger partial charge in [0.2, 0.25) is 0 Å². The molecule has 0 saturated carbocycles. The van der Waals surface area contributed by atoms with Crippen LogP contribution in [0.4, 0.5) is 0 Å². The van der Waals surface area contributed by atoms with Gasteiger partial charge >= 0.3 is 0 Å². The number of ketones is 1. The first kappa shape index (κ1) is 44.3. The topological polar surface area (TPSA) is 111 Å². The Balaban J connectivity index is 0. The monoisotopic (exact) mass is 688 g/mol. The van der Waals surface area contributed by atoms with Gasteiger partial charge in [-0.2, -0.15) is 0 Å². The van der Waals surface area contributed by atoms with E-state index >= 15 is 0 Å². The van der Waals surface area contributed by atoms with Crippen LogP contribution in [0.1, 0.15) is 57.5 Å². The molecule has 0 unspecified atom stereocenters. The van der Waals surface area contributed by atoms with Gasteiger partial charge in [0.05, 0.1) is 66.4 Å². The zero-order valence-corrected chi connectivity index (χ0v) is 29.1. The van der Waals surface area contributed by atoms with Crippen LogP contribution in [-0.2, 0) is 0 Å². The van der Waals surface area contributed by atoms with E-state index in [0.717, 1.165) is 43.5 Å². The molecule has 0 aliphatic carbocycles. The summed E-state index contributed by atoms with van der Waals surface area (Å²) in [6.07, 6.45) is 6.92. The summed E-state index contributed by atoms with van der Waals surface area (Å²) in [5, 5.41) is 0. The van der Waals surface area contributed by atoms with E-state index in [1.165, 1.54) is 6.92 Å². The number of likely N-dealkylation sites (N-methyl/N-ethyl adjacent to an activating group) is 1. The van der Waals surface area contributed by atoms with Crippen LogP contribution >= 0.6 is 36.2 Å². The summed E-state index contributed by atoms with van der Waals surface area (Å²) in [6, 6.07) is 10.7. The number of methoxy groups -OCH3 is 3. The Hall–Kier alpha value is -3.81. The molecule has 252 valence electrons. The number of aliphatic imine (C=N–C) groups is 2. The van der Waals surface area contributed by atoms with Crippen LogP contribution in [0, 0.1) is 0 Å². The number of thiocarbonyl (C=S) groups is 2. The Morgan fingerprint density at radius 1 is 0.739 bits per heavy atom. The summed E-state index contributed by atoms with van der Waals surface area (Å²) in [6.45, 7) is 6.38. The fraction of sp³-hybridized carbons (Fsp3) is 0.394. The highest BCUT2D eigenvalue weighted by atomic mass is 32.2. The van der Waals surface area contributed by atoms with Gasteiger partial charge in [-0.1, -0.05) is 39.3 Å². The lowest BCUT2D eigenvalue weighted by Gasteiger charge is -2.11. The van der Waals surface area contributed by atoms with Crippen LogP contribution in [0.25, 0.3) is 0 Å². The maximum atomic E-state index is 10.8. The second kappa shape index (κ2) is 24.4. The zero-order chi connectivity index (χ0) is 33.1. The fourth-order valence-corrected chi connectivity index (χ4v) is 3.26. The molecule has 0 spiro atoms. The maximum absolute atomic E-state index is 10.8. The number of Topliss-reactive ketones (excluding diaryl/α,β-unsaturated/α-hetero) is 1. The number of rotatable bonds is 10. The van der Waals surface area contributed by atoms with Gasteiger partial charge in [0, 0.05) is 57.8 Å². The van der Waals surface area contributed by atoms with Crippen molar-refractivity contribution in [3.8, 4) is 17.2 Å². The number of ether oxygens (including phenoxy) is 3. The molecule has 3 heterocycles. The van der Waals surface area contributed by atoms with E-state index in [1.54, 1.807) is 69.9 Å². The summed E-state index contributed by atoms with van der Waals surface area (Å²) in [5.41, 5.74) is 3.79. The smallest absolute Gasteiger partial charge is 0.178 e. The van der Waals surface area contributed by atoms with Gasteiger partial charge in [0.1, 0.15) is 22.9 Å². The fourth-order valence-electron chi connectivity index (χ4n) is 2.94. The lowest BCUT2D eigenvalue weighted by molar-refractivity contribution is 0.101. The second-order valence-electron chi connectivity index (χ2n) is 8.97. The molecule has 3 aromatic heterocycles. The molecule has 46 heavy (non-hydrogen) atoms. The predicted molar refractivity (Wildman–Crippen MR) is 202 cm³/mol. The highest BCUT2D eigenvalue weighted by Gasteiger charge is 2.04.